The number of nitrogens with zero attached hydrogens (tertiary/aromatic N) is 2. The second-order valence-corrected chi connectivity index (χ2v) is 10.00. The van der Waals surface area contributed by atoms with Gasteiger partial charge in [0.25, 0.3) is 5.91 Å². The lowest BCUT2D eigenvalue weighted by Gasteiger charge is -2.26. The van der Waals surface area contributed by atoms with E-state index >= 15 is 0 Å². The summed E-state index contributed by atoms with van der Waals surface area (Å²) in [6.45, 7) is -2.41. The zero-order valence-electron chi connectivity index (χ0n) is 19.2. The van der Waals surface area contributed by atoms with Crippen LogP contribution in [0.2, 0.25) is 0 Å². The molecule has 12 heteroatoms. The highest BCUT2D eigenvalue weighted by atomic mass is 32.1. The van der Waals surface area contributed by atoms with E-state index in [0.29, 0.717) is 24.3 Å². The van der Waals surface area contributed by atoms with Crippen LogP contribution in [0, 0.1) is 0 Å². The summed E-state index contributed by atoms with van der Waals surface area (Å²) in [5.41, 5.74) is 9.88. The van der Waals surface area contributed by atoms with Crippen molar-refractivity contribution < 1.29 is 23.1 Å². The Hall–Kier alpha value is -4.03. The Kier molecular flexibility index (Phi) is 7.01. The highest BCUT2D eigenvalue weighted by Crippen LogP contribution is 2.31. The number of halogens is 2. The Morgan fingerprint density at radius 2 is 1.92 bits per heavy atom. The number of nitrogens with one attached hydrogen (secondary N) is 2. The zero-order valence-corrected chi connectivity index (χ0v) is 20.9. The second-order valence-electron chi connectivity index (χ2n) is 8.13. The van der Waals surface area contributed by atoms with Crippen LogP contribution in [0.3, 0.4) is 0 Å². The number of carbonyl (C=O) groups excluding carboxylic acids is 2. The summed E-state index contributed by atoms with van der Waals surface area (Å²) >= 11 is 2.78. The third-order valence-corrected chi connectivity index (χ3v) is 7.48. The Morgan fingerprint density at radius 1 is 1.08 bits per heavy atom. The minimum Gasteiger partial charge on any atom is -0.433 e. The number of ether oxygens (including phenoxy) is 1. The normalized spacial score (nSPS) is 12.8. The summed E-state index contributed by atoms with van der Waals surface area (Å²) in [7, 11) is 0. The van der Waals surface area contributed by atoms with Crippen molar-refractivity contribution in [2.24, 2.45) is 0 Å². The Morgan fingerprint density at radius 3 is 2.70 bits per heavy atom. The molecule has 0 aliphatic carbocycles. The van der Waals surface area contributed by atoms with Crippen LogP contribution in [0.5, 0.6) is 5.75 Å². The smallest absolute Gasteiger partial charge is 0.387 e. The Balaban J connectivity index is 1.27. The van der Waals surface area contributed by atoms with Gasteiger partial charge in [-0.2, -0.15) is 20.1 Å². The number of anilines is 3. The molecule has 3 heterocycles. The fourth-order valence-corrected chi connectivity index (χ4v) is 5.56. The van der Waals surface area contributed by atoms with E-state index in [1.165, 1.54) is 34.4 Å². The first-order valence-electron chi connectivity index (χ1n) is 11.2. The molecule has 0 spiro atoms. The fourth-order valence-electron chi connectivity index (χ4n) is 3.88. The van der Waals surface area contributed by atoms with Gasteiger partial charge in [-0.05, 0) is 52.2 Å². The van der Waals surface area contributed by atoms with Crippen LogP contribution in [-0.4, -0.2) is 35.0 Å². The van der Waals surface area contributed by atoms with Gasteiger partial charge in [-0.3, -0.25) is 4.79 Å². The standard InChI is InChI=1S/C25H21F2N5O3S2/c26-24(27)35-20-4-2-1-3-17(20)31-25(34)32-9-7-18-21(12-32)37-23(30-18)22(33)29-19-11-14(5-6-16(19)28)15-8-10-36-13-15/h1-6,8,10-11,13,24H,7,9,12,28H2,(H,29,33)(H,31,34). The largest absolute Gasteiger partial charge is 0.433 e. The summed E-state index contributed by atoms with van der Waals surface area (Å²) in [5, 5.41) is 9.72. The van der Waals surface area contributed by atoms with Gasteiger partial charge in [0.05, 0.1) is 29.3 Å². The van der Waals surface area contributed by atoms with E-state index in [1.54, 1.807) is 23.5 Å². The maximum Gasteiger partial charge on any atom is 0.387 e. The van der Waals surface area contributed by atoms with E-state index in [2.05, 4.69) is 20.4 Å². The van der Waals surface area contributed by atoms with E-state index < -0.39 is 12.6 Å². The van der Waals surface area contributed by atoms with Gasteiger partial charge in [-0.15, -0.1) is 11.3 Å². The summed E-state index contributed by atoms with van der Waals surface area (Å²) in [4.78, 5) is 32.6. The van der Waals surface area contributed by atoms with Gasteiger partial charge in [0.1, 0.15) is 5.75 Å². The van der Waals surface area contributed by atoms with E-state index in [1.807, 2.05) is 29.0 Å². The number of para-hydroxylation sites is 2. The van der Waals surface area contributed by atoms with Crippen LogP contribution < -0.4 is 21.1 Å². The van der Waals surface area contributed by atoms with E-state index in [4.69, 9.17) is 5.73 Å². The molecule has 190 valence electrons. The molecule has 4 aromatic rings. The molecule has 0 fully saturated rings. The molecule has 2 aromatic carbocycles. The third-order valence-electron chi connectivity index (χ3n) is 5.71. The molecule has 0 saturated carbocycles. The number of hydrogen-bond donors (Lipinski definition) is 3. The van der Waals surface area contributed by atoms with Crippen molar-refractivity contribution in [3.05, 3.63) is 74.9 Å². The van der Waals surface area contributed by atoms with Crippen molar-refractivity contribution in [3.8, 4) is 16.9 Å². The first-order chi connectivity index (χ1) is 17.9. The van der Waals surface area contributed by atoms with E-state index in [9.17, 15) is 18.4 Å². The van der Waals surface area contributed by atoms with Crippen molar-refractivity contribution >= 4 is 51.7 Å². The quantitative estimate of drug-likeness (QED) is 0.264. The maximum absolute atomic E-state index is 13.0. The van der Waals surface area contributed by atoms with Gasteiger partial charge in [0.15, 0.2) is 5.01 Å². The minimum atomic E-state index is -3.01. The number of urea groups is 1. The number of rotatable bonds is 6. The van der Waals surface area contributed by atoms with Gasteiger partial charge < -0.3 is 26.0 Å². The van der Waals surface area contributed by atoms with Crippen LogP contribution in [0.1, 0.15) is 20.4 Å². The van der Waals surface area contributed by atoms with Crippen LogP contribution in [0.15, 0.2) is 59.3 Å². The van der Waals surface area contributed by atoms with Gasteiger partial charge >= 0.3 is 12.6 Å². The molecule has 2 aromatic heterocycles. The molecule has 4 N–H and O–H groups in total. The highest BCUT2D eigenvalue weighted by molar-refractivity contribution is 7.13. The number of thiazole rings is 1. The van der Waals surface area contributed by atoms with E-state index in [0.717, 1.165) is 21.7 Å². The molecule has 0 bridgehead atoms. The number of aromatic nitrogens is 1. The van der Waals surface area contributed by atoms with Crippen molar-refractivity contribution in [2.45, 2.75) is 19.6 Å². The van der Waals surface area contributed by atoms with Crippen LogP contribution >= 0.6 is 22.7 Å². The first kappa shape index (κ1) is 24.7. The molecule has 8 nitrogen and oxygen atoms in total. The zero-order chi connectivity index (χ0) is 25.9. The Labute approximate surface area is 218 Å². The molecule has 3 amide bonds. The van der Waals surface area contributed by atoms with Crippen LogP contribution in [-0.2, 0) is 13.0 Å². The summed E-state index contributed by atoms with van der Waals surface area (Å²) in [6.07, 6.45) is 0.456. The first-order valence-corrected chi connectivity index (χ1v) is 12.9. The van der Waals surface area contributed by atoms with Crippen molar-refractivity contribution in [1.29, 1.82) is 0 Å². The molecular formula is C25H21F2N5O3S2. The number of alkyl halides is 2. The fraction of sp³-hybridized carbons (Fsp3) is 0.160. The predicted molar refractivity (Wildman–Crippen MR) is 140 cm³/mol. The van der Waals surface area contributed by atoms with Crippen LogP contribution in [0.4, 0.5) is 30.6 Å². The number of carbonyl (C=O) groups is 2. The summed E-state index contributed by atoms with van der Waals surface area (Å²) in [5.74, 6) is -0.509. The molecule has 37 heavy (non-hydrogen) atoms. The van der Waals surface area contributed by atoms with Gasteiger partial charge in [-0.1, -0.05) is 18.2 Å². The monoisotopic (exact) mass is 541 g/mol. The van der Waals surface area contributed by atoms with Gasteiger partial charge in [0.2, 0.25) is 0 Å². The van der Waals surface area contributed by atoms with Crippen molar-refractivity contribution in [2.75, 3.05) is 22.9 Å². The third kappa shape index (κ3) is 5.54. The number of thiophene rings is 1. The molecule has 0 radical (unpaired) electrons. The highest BCUT2D eigenvalue weighted by Gasteiger charge is 2.27. The number of nitrogen functional groups attached to an aromatic ring is 1. The van der Waals surface area contributed by atoms with Gasteiger partial charge in [0, 0.05) is 17.8 Å². The molecule has 0 atom stereocenters. The predicted octanol–water partition coefficient (Wildman–Crippen LogP) is 5.90. The van der Waals surface area contributed by atoms with E-state index in [-0.39, 0.29) is 28.9 Å². The van der Waals surface area contributed by atoms with Crippen LogP contribution in [0.25, 0.3) is 11.1 Å². The molecule has 1 aliphatic rings. The lowest BCUT2D eigenvalue weighted by molar-refractivity contribution is -0.0493. The number of fused-ring (bicyclic) bond motifs is 1. The molecular weight excluding hydrogens is 520 g/mol. The SMILES string of the molecule is Nc1ccc(-c2ccsc2)cc1NC(=O)c1nc2c(s1)CN(C(=O)Nc1ccccc1OC(F)F)CC2. The lowest BCUT2D eigenvalue weighted by Crippen LogP contribution is -2.38. The number of nitrogens with two attached hydrogens (primary N) is 1. The summed E-state index contributed by atoms with van der Waals surface area (Å²) in [6, 6.07) is 13.0. The lowest BCUT2D eigenvalue weighted by atomic mass is 10.1. The number of amides is 3. The van der Waals surface area contributed by atoms with Crippen molar-refractivity contribution in [1.82, 2.24) is 9.88 Å². The van der Waals surface area contributed by atoms with Crippen molar-refractivity contribution in [3.63, 3.8) is 0 Å². The second kappa shape index (κ2) is 10.5. The molecule has 1 aliphatic heterocycles. The Bertz CT molecular complexity index is 1440. The number of benzene rings is 2. The molecule has 5 rings (SSSR count). The molecule has 0 unspecified atom stereocenters. The topological polar surface area (TPSA) is 110 Å². The minimum absolute atomic E-state index is 0.123. The molecule has 0 saturated heterocycles. The maximum atomic E-state index is 13.0. The average Bonchev–Trinajstić information content (AvgIpc) is 3.56. The number of hydrogen-bond acceptors (Lipinski definition) is 7. The summed E-state index contributed by atoms with van der Waals surface area (Å²) < 4.78 is 29.8. The van der Waals surface area contributed by atoms with Gasteiger partial charge in [-0.25, -0.2) is 9.78 Å². The average molecular weight is 542 g/mol.